The molecule has 0 aliphatic carbocycles. The largest absolute Gasteiger partial charge is 0.461 e. The number of nitrogens with zero attached hydrogens (tertiary/aromatic N) is 1. The molecule has 2 N–H and O–H groups in total. The highest BCUT2D eigenvalue weighted by atomic mass is 19.3. The smallest absolute Gasteiger partial charge is 0.456 e. The van der Waals surface area contributed by atoms with Crippen LogP contribution in [0, 0.1) is 6.92 Å². The first kappa shape index (κ1) is 24.5. The minimum absolute atomic E-state index is 0.120. The van der Waals surface area contributed by atoms with Gasteiger partial charge < -0.3 is 14.5 Å². The number of aryl methyl sites for hydroxylation is 1. The number of ether oxygens (including phenoxy) is 1. The molecule has 1 aromatic heterocycles. The third-order valence-corrected chi connectivity index (χ3v) is 4.45. The molecular weight excluding hydrogens is 458 g/mol. The number of anilines is 1. The first-order chi connectivity index (χ1) is 16.0. The summed E-state index contributed by atoms with van der Waals surface area (Å²) in [6.45, 7) is 3.34. The summed E-state index contributed by atoms with van der Waals surface area (Å²) in [6, 6.07) is 14.2. The molecule has 0 aliphatic rings. The van der Waals surface area contributed by atoms with Gasteiger partial charge in [-0.15, -0.1) is 0 Å². The van der Waals surface area contributed by atoms with Gasteiger partial charge >= 0.3 is 12.5 Å². The van der Waals surface area contributed by atoms with Crippen LogP contribution in [0.15, 0.2) is 70.2 Å². The lowest BCUT2D eigenvalue weighted by Gasteiger charge is -2.17. The standard InChI is InChI=1S/C23H19F4N3O4/c1-13-6-11-19(33-13)21(32)28-17-9-7-15(8-10-17)14(2)29-30-20(31)16-4-3-5-18(12-16)34-23(26,27)22(24)25/h3-12,22H,1-2H3,(H,28,32)(H,30,31)/b29-14-. The van der Waals surface area contributed by atoms with Crippen LogP contribution in [0.5, 0.6) is 5.75 Å². The summed E-state index contributed by atoms with van der Waals surface area (Å²) in [4.78, 5) is 24.4. The quantitative estimate of drug-likeness (QED) is 0.264. The van der Waals surface area contributed by atoms with Gasteiger partial charge in [0.1, 0.15) is 11.5 Å². The van der Waals surface area contributed by atoms with E-state index >= 15 is 0 Å². The number of hydrogen-bond acceptors (Lipinski definition) is 5. The molecule has 1 heterocycles. The number of benzene rings is 2. The fourth-order valence-corrected chi connectivity index (χ4v) is 2.71. The van der Waals surface area contributed by atoms with Crippen LogP contribution < -0.4 is 15.5 Å². The maximum Gasteiger partial charge on any atom is 0.461 e. The predicted molar refractivity (Wildman–Crippen MR) is 116 cm³/mol. The van der Waals surface area contributed by atoms with Gasteiger partial charge in [-0.1, -0.05) is 18.2 Å². The van der Waals surface area contributed by atoms with Gasteiger partial charge in [-0.05, 0) is 61.9 Å². The average molecular weight is 477 g/mol. The van der Waals surface area contributed by atoms with Crippen molar-refractivity contribution in [3.63, 3.8) is 0 Å². The van der Waals surface area contributed by atoms with Crippen LogP contribution in [0.2, 0.25) is 0 Å². The average Bonchev–Trinajstić information content (AvgIpc) is 3.24. The second-order valence-corrected chi connectivity index (χ2v) is 7.07. The third-order valence-electron chi connectivity index (χ3n) is 4.45. The first-order valence-electron chi connectivity index (χ1n) is 9.83. The Morgan fingerprint density at radius 1 is 1.00 bits per heavy atom. The third kappa shape index (κ3) is 6.21. The lowest BCUT2D eigenvalue weighted by molar-refractivity contribution is -0.253. The van der Waals surface area contributed by atoms with Gasteiger partial charge in [-0.3, -0.25) is 9.59 Å². The van der Waals surface area contributed by atoms with Gasteiger partial charge in [0, 0.05) is 11.3 Å². The Bertz CT molecular complexity index is 1210. The summed E-state index contributed by atoms with van der Waals surface area (Å²) in [5.41, 5.74) is 3.68. The zero-order valence-corrected chi connectivity index (χ0v) is 17.9. The Labute approximate surface area is 191 Å². The van der Waals surface area contributed by atoms with Crippen molar-refractivity contribution in [2.24, 2.45) is 5.10 Å². The fourth-order valence-electron chi connectivity index (χ4n) is 2.71. The van der Waals surface area contributed by atoms with Crippen molar-refractivity contribution in [3.05, 3.63) is 83.3 Å². The molecule has 11 heteroatoms. The van der Waals surface area contributed by atoms with E-state index in [1.165, 1.54) is 12.1 Å². The highest BCUT2D eigenvalue weighted by molar-refractivity contribution is 6.03. The molecule has 0 radical (unpaired) electrons. The Kier molecular flexibility index (Phi) is 7.34. The van der Waals surface area contributed by atoms with Crippen LogP contribution in [-0.2, 0) is 0 Å². The number of carbonyl (C=O) groups is 2. The molecule has 7 nitrogen and oxygen atoms in total. The zero-order chi connectivity index (χ0) is 24.9. The molecule has 34 heavy (non-hydrogen) atoms. The fraction of sp³-hybridized carbons (Fsp3) is 0.174. The molecule has 0 spiro atoms. The molecule has 0 saturated carbocycles. The van der Waals surface area contributed by atoms with E-state index < -0.39 is 30.1 Å². The number of furan rings is 1. The monoisotopic (exact) mass is 477 g/mol. The Hall–Kier alpha value is -4.15. The molecule has 2 amide bonds. The zero-order valence-electron chi connectivity index (χ0n) is 17.9. The molecule has 0 unspecified atom stereocenters. The summed E-state index contributed by atoms with van der Waals surface area (Å²) < 4.78 is 60.0. The highest BCUT2D eigenvalue weighted by Crippen LogP contribution is 2.27. The number of hydrazone groups is 1. The first-order valence-corrected chi connectivity index (χ1v) is 9.83. The van der Waals surface area contributed by atoms with Gasteiger partial charge in [0.25, 0.3) is 11.8 Å². The maximum absolute atomic E-state index is 13.1. The minimum Gasteiger partial charge on any atom is -0.456 e. The highest BCUT2D eigenvalue weighted by Gasteiger charge is 2.44. The van der Waals surface area contributed by atoms with Gasteiger partial charge in [0.15, 0.2) is 5.76 Å². The van der Waals surface area contributed by atoms with Crippen molar-refractivity contribution in [2.45, 2.75) is 26.4 Å². The molecule has 0 atom stereocenters. The minimum atomic E-state index is -4.69. The number of nitrogens with one attached hydrogen (secondary N) is 2. The summed E-state index contributed by atoms with van der Waals surface area (Å²) in [7, 11) is 0. The van der Waals surface area contributed by atoms with E-state index in [9.17, 15) is 27.2 Å². The van der Waals surface area contributed by atoms with Gasteiger partial charge in [-0.2, -0.15) is 22.7 Å². The summed E-state index contributed by atoms with van der Waals surface area (Å²) in [5.74, 6) is -0.978. The molecule has 0 saturated heterocycles. The van der Waals surface area contributed by atoms with Crippen LogP contribution >= 0.6 is 0 Å². The maximum atomic E-state index is 13.1. The van der Waals surface area contributed by atoms with Crippen molar-refractivity contribution in [1.82, 2.24) is 5.43 Å². The van der Waals surface area contributed by atoms with Crippen molar-refractivity contribution in [3.8, 4) is 5.75 Å². The van der Waals surface area contributed by atoms with Crippen LogP contribution in [0.25, 0.3) is 0 Å². The second-order valence-electron chi connectivity index (χ2n) is 7.07. The van der Waals surface area contributed by atoms with E-state index in [2.05, 4.69) is 20.6 Å². The number of rotatable bonds is 8. The SMILES string of the molecule is C/C(=N/NC(=O)c1cccc(OC(F)(F)C(F)F)c1)c1ccc(NC(=O)c2ccc(C)o2)cc1. The molecule has 3 aromatic rings. The Morgan fingerprint density at radius 3 is 2.32 bits per heavy atom. The molecule has 178 valence electrons. The number of carbonyl (C=O) groups excluding carboxylic acids is 2. The second kappa shape index (κ2) is 10.2. The normalized spacial score (nSPS) is 11.9. The Morgan fingerprint density at radius 2 is 1.71 bits per heavy atom. The lowest BCUT2D eigenvalue weighted by Crippen LogP contribution is -2.33. The van der Waals surface area contributed by atoms with E-state index in [-0.39, 0.29) is 11.3 Å². The van der Waals surface area contributed by atoms with Crippen molar-refractivity contribution in [2.75, 3.05) is 5.32 Å². The van der Waals surface area contributed by atoms with Crippen LogP contribution in [0.3, 0.4) is 0 Å². The number of alkyl halides is 4. The molecule has 2 aromatic carbocycles. The van der Waals surface area contributed by atoms with Crippen molar-refractivity contribution in [1.29, 1.82) is 0 Å². The molecule has 3 rings (SSSR count). The molecule has 0 fully saturated rings. The van der Waals surface area contributed by atoms with Gasteiger partial charge in [0.2, 0.25) is 0 Å². The lowest BCUT2D eigenvalue weighted by atomic mass is 10.1. The summed E-state index contributed by atoms with van der Waals surface area (Å²) in [5, 5.41) is 6.63. The van der Waals surface area contributed by atoms with E-state index in [1.54, 1.807) is 50.2 Å². The van der Waals surface area contributed by atoms with E-state index in [0.29, 0.717) is 22.7 Å². The molecule has 0 bridgehead atoms. The molecule has 0 aliphatic heterocycles. The number of hydrogen-bond donors (Lipinski definition) is 2. The van der Waals surface area contributed by atoms with E-state index in [1.807, 2.05) is 0 Å². The number of halogens is 4. The predicted octanol–water partition coefficient (Wildman–Crippen LogP) is 5.23. The molecular formula is C23H19F4N3O4. The van der Waals surface area contributed by atoms with Crippen molar-refractivity contribution >= 4 is 23.2 Å². The van der Waals surface area contributed by atoms with Gasteiger partial charge in [-0.25, -0.2) is 5.43 Å². The summed E-state index contributed by atoms with van der Waals surface area (Å²) >= 11 is 0. The summed E-state index contributed by atoms with van der Waals surface area (Å²) in [6.07, 6.45) is -8.71. The van der Waals surface area contributed by atoms with Gasteiger partial charge in [0.05, 0.1) is 5.71 Å². The van der Waals surface area contributed by atoms with Crippen LogP contribution in [-0.4, -0.2) is 30.1 Å². The van der Waals surface area contributed by atoms with Crippen LogP contribution in [0.1, 0.15) is 39.2 Å². The van der Waals surface area contributed by atoms with Crippen molar-refractivity contribution < 1.29 is 36.3 Å². The Balaban J connectivity index is 1.62. The number of amides is 2. The van der Waals surface area contributed by atoms with E-state index in [0.717, 1.165) is 12.1 Å². The van der Waals surface area contributed by atoms with Crippen LogP contribution in [0.4, 0.5) is 23.2 Å². The van der Waals surface area contributed by atoms with E-state index in [4.69, 9.17) is 4.42 Å². The topological polar surface area (TPSA) is 92.9 Å².